The van der Waals surface area contributed by atoms with Crippen molar-refractivity contribution >= 4 is 0 Å². The highest BCUT2D eigenvalue weighted by Crippen LogP contribution is 2.36. The van der Waals surface area contributed by atoms with Crippen molar-refractivity contribution < 1.29 is 31.1 Å². The minimum Gasteiger partial charge on any atom is -0.375 e. The Morgan fingerprint density at radius 3 is 2.03 bits per heavy atom. The fourth-order valence-corrected chi connectivity index (χ4v) is 4.32. The second-order valence-corrected chi connectivity index (χ2v) is 8.85. The Kier molecular flexibility index (Phi) is 9.77. The summed E-state index contributed by atoms with van der Waals surface area (Å²) < 4.78 is 84.7. The molecule has 1 aliphatic heterocycles. The molecule has 1 heterocycles. The number of rotatable bonds is 10. The van der Waals surface area contributed by atoms with Crippen LogP contribution >= 0.6 is 0 Å². The molecule has 0 aromatic heterocycles. The molecule has 0 saturated carbocycles. The molecular weight excluding hydrogens is 484 g/mol. The molecule has 4 nitrogen and oxygen atoms in total. The number of ether oxygens (including phenoxy) is 1. The third-order valence-electron chi connectivity index (χ3n) is 6.24. The molecule has 2 aromatic rings. The molecule has 0 radical (unpaired) electrons. The summed E-state index contributed by atoms with van der Waals surface area (Å²) >= 11 is 0. The van der Waals surface area contributed by atoms with Gasteiger partial charge in [0, 0.05) is 32.6 Å². The van der Waals surface area contributed by atoms with Crippen LogP contribution in [0.25, 0.3) is 0 Å². The van der Waals surface area contributed by atoms with Gasteiger partial charge in [-0.15, -0.1) is 0 Å². The molecule has 1 aliphatic rings. The Morgan fingerprint density at radius 1 is 0.861 bits per heavy atom. The summed E-state index contributed by atoms with van der Waals surface area (Å²) in [5, 5.41) is 8.67. The molecular formula is C26H29F6N3O. The van der Waals surface area contributed by atoms with Crippen molar-refractivity contribution in [1.29, 1.82) is 5.26 Å². The molecule has 3 rings (SSSR count). The first-order valence-electron chi connectivity index (χ1n) is 11.8. The van der Waals surface area contributed by atoms with Crippen LogP contribution in [0, 0.1) is 11.3 Å². The third-order valence-corrected chi connectivity index (χ3v) is 6.24. The van der Waals surface area contributed by atoms with Crippen LogP contribution in [-0.2, 0) is 23.7 Å². The first kappa shape index (κ1) is 28.0. The zero-order valence-electron chi connectivity index (χ0n) is 19.8. The van der Waals surface area contributed by atoms with Gasteiger partial charge in [-0.1, -0.05) is 30.3 Å². The lowest BCUT2D eigenvalue weighted by Gasteiger charge is -2.39. The largest absolute Gasteiger partial charge is 0.416 e. The van der Waals surface area contributed by atoms with Gasteiger partial charge in [-0.2, -0.15) is 31.6 Å². The van der Waals surface area contributed by atoms with E-state index in [0.717, 1.165) is 51.1 Å². The van der Waals surface area contributed by atoms with Gasteiger partial charge in [0.15, 0.2) is 0 Å². The van der Waals surface area contributed by atoms with Gasteiger partial charge in [-0.05, 0) is 48.7 Å². The molecule has 1 fully saturated rings. The molecule has 196 valence electrons. The number of piperazine rings is 1. The van der Waals surface area contributed by atoms with Crippen molar-refractivity contribution in [1.82, 2.24) is 9.80 Å². The summed E-state index contributed by atoms with van der Waals surface area (Å²) in [4.78, 5) is 4.56. The number of nitriles is 1. The second kappa shape index (κ2) is 12.6. The standard InChI is InChI=1S/C26H29F6N3O/c27-25(28,29)22-15-20(16-23(17-22)26(30,31)32)18-36-19-24(21-7-3-1-4-8-21)35-13-11-34(12-14-35)10-6-2-5-9-33/h1,3-4,7-8,15-17,24H,2,5-6,10-14,18-19H2/t24-/m1/s1. The van der Waals surface area contributed by atoms with Gasteiger partial charge in [0.2, 0.25) is 0 Å². The van der Waals surface area contributed by atoms with E-state index in [2.05, 4.69) is 15.9 Å². The summed E-state index contributed by atoms with van der Waals surface area (Å²) in [5.74, 6) is 0. The Hall–Kier alpha value is -2.61. The molecule has 0 unspecified atom stereocenters. The monoisotopic (exact) mass is 513 g/mol. The molecule has 1 saturated heterocycles. The molecule has 0 N–H and O–H groups in total. The van der Waals surface area contributed by atoms with E-state index in [1.54, 1.807) is 0 Å². The summed E-state index contributed by atoms with van der Waals surface area (Å²) in [5.41, 5.74) is -1.89. The van der Waals surface area contributed by atoms with E-state index in [0.29, 0.717) is 18.6 Å². The van der Waals surface area contributed by atoms with Crippen LogP contribution < -0.4 is 0 Å². The summed E-state index contributed by atoms with van der Waals surface area (Å²) in [7, 11) is 0. The van der Waals surface area contributed by atoms with E-state index in [1.807, 2.05) is 30.3 Å². The van der Waals surface area contributed by atoms with Crippen molar-refractivity contribution in [2.75, 3.05) is 39.3 Å². The SMILES string of the molecule is N#CCCCCN1CCN([C@H](COCc2cc(C(F)(F)F)cc(C(F)(F)F)c2)c2ccccc2)CC1. The number of hydrogen-bond donors (Lipinski definition) is 0. The number of alkyl halides is 6. The van der Waals surface area contributed by atoms with Gasteiger partial charge in [0.05, 0.1) is 36.5 Å². The Labute approximate surface area is 207 Å². The van der Waals surface area contributed by atoms with Gasteiger partial charge in [0.25, 0.3) is 0 Å². The van der Waals surface area contributed by atoms with Crippen LogP contribution in [0.2, 0.25) is 0 Å². The van der Waals surface area contributed by atoms with E-state index in [4.69, 9.17) is 10.00 Å². The molecule has 10 heteroatoms. The van der Waals surface area contributed by atoms with Crippen LogP contribution in [0.3, 0.4) is 0 Å². The summed E-state index contributed by atoms with van der Waals surface area (Å²) in [6, 6.07) is 13.0. The normalized spacial score (nSPS) is 16.6. The fraction of sp³-hybridized carbons (Fsp3) is 0.500. The van der Waals surface area contributed by atoms with E-state index in [1.165, 1.54) is 0 Å². The third kappa shape index (κ3) is 8.22. The van der Waals surface area contributed by atoms with Crippen molar-refractivity contribution in [3.05, 3.63) is 70.8 Å². The lowest BCUT2D eigenvalue weighted by molar-refractivity contribution is -0.143. The first-order valence-corrected chi connectivity index (χ1v) is 11.8. The van der Waals surface area contributed by atoms with Crippen molar-refractivity contribution in [3.8, 4) is 6.07 Å². The molecule has 2 aromatic carbocycles. The Morgan fingerprint density at radius 2 is 1.47 bits per heavy atom. The number of hydrogen-bond acceptors (Lipinski definition) is 4. The second-order valence-electron chi connectivity index (χ2n) is 8.85. The molecule has 0 amide bonds. The lowest BCUT2D eigenvalue weighted by Crippen LogP contribution is -2.48. The number of unbranched alkanes of at least 4 members (excludes halogenated alkanes) is 2. The maximum absolute atomic E-state index is 13.2. The van der Waals surface area contributed by atoms with Gasteiger partial charge in [0.1, 0.15) is 0 Å². The zero-order valence-corrected chi connectivity index (χ0v) is 19.8. The molecule has 0 spiro atoms. The van der Waals surface area contributed by atoms with Gasteiger partial charge in [-0.25, -0.2) is 0 Å². The van der Waals surface area contributed by atoms with E-state index in [-0.39, 0.29) is 30.9 Å². The van der Waals surface area contributed by atoms with Crippen molar-refractivity contribution in [2.45, 2.75) is 44.3 Å². The molecule has 1 atom stereocenters. The predicted molar refractivity (Wildman–Crippen MR) is 123 cm³/mol. The highest BCUT2D eigenvalue weighted by Gasteiger charge is 2.37. The molecule has 0 aliphatic carbocycles. The van der Waals surface area contributed by atoms with E-state index in [9.17, 15) is 26.3 Å². The van der Waals surface area contributed by atoms with Crippen molar-refractivity contribution in [2.24, 2.45) is 0 Å². The number of nitrogens with zero attached hydrogens (tertiary/aromatic N) is 3. The van der Waals surface area contributed by atoms with Crippen LogP contribution in [0.5, 0.6) is 0 Å². The fourth-order valence-electron chi connectivity index (χ4n) is 4.32. The first-order chi connectivity index (χ1) is 17.1. The maximum atomic E-state index is 13.2. The van der Waals surface area contributed by atoms with Crippen molar-refractivity contribution in [3.63, 3.8) is 0 Å². The van der Waals surface area contributed by atoms with Gasteiger partial charge < -0.3 is 9.64 Å². The minimum absolute atomic E-state index is 0.121. The topological polar surface area (TPSA) is 39.5 Å². The van der Waals surface area contributed by atoms with E-state index >= 15 is 0 Å². The quantitative estimate of drug-likeness (QED) is 0.276. The number of benzene rings is 2. The maximum Gasteiger partial charge on any atom is 0.416 e. The Bertz CT molecular complexity index is 963. The minimum atomic E-state index is -4.89. The zero-order chi connectivity index (χ0) is 26.2. The smallest absolute Gasteiger partial charge is 0.375 e. The van der Waals surface area contributed by atoms with Crippen LogP contribution in [0.15, 0.2) is 48.5 Å². The van der Waals surface area contributed by atoms with Crippen LogP contribution in [-0.4, -0.2) is 49.1 Å². The molecule has 36 heavy (non-hydrogen) atoms. The Balaban J connectivity index is 1.66. The van der Waals surface area contributed by atoms with Gasteiger partial charge in [-0.3, -0.25) is 4.90 Å². The highest BCUT2D eigenvalue weighted by atomic mass is 19.4. The lowest BCUT2D eigenvalue weighted by atomic mass is 10.0. The summed E-state index contributed by atoms with van der Waals surface area (Å²) in [6.07, 6.45) is -7.42. The predicted octanol–water partition coefficient (Wildman–Crippen LogP) is 6.29. The highest BCUT2D eigenvalue weighted by molar-refractivity contribution is 5.33. The number of halogens is 6. The van der Waals surface area contributed by atoms with Crippen LogP contribution in [0.1, 0.15) is 47.6 Å². The van der Waals surface area contributed by atoms with Crippen LogP contribution in [0.4, 0.5) is 26.3 Å². The summed E-state index contributed by atoms with van der Waals surface area (Å²) in [6.45, 7) is 3.85. The average Bonchev–Trinajstić information content (AvgIpc) is 2.84. The molecule has 0 bridgehead atoms. The van der Waals surface area contributed by atoms with Gasteiger partial charge >= 0.3 is 12.4 Å². The van der Waals surface area contributed by atoms with E-state index < -0.39 is 23.5 Å². The average molecular weight is 514 g/mol.